The molecule has 0 atom stereocenters. The summed E-state index contributed by atoms with van der Waals surface area (Å²) in [5, 5.41) is -3.88. The van der Waals surface area contributed by atoms with Crippen molar-refractivity contribution >= 4 is 37.5 Å². The Kier molecular flexibility index (Phi) is 5.86. The van der Waals surface area contributed by atoms with E-state index in [1.165, 1.54) is 4.90 Å². The Morgan fingerprint density at radius 1 is 0.923 bits per heavy atom. The molecule has 0 aromatic rings. The topological polar surface area (TPSA) is 32.8 Å². The molecule has 26 heavy (non-hydrogen) atoms. The van der Waals surface area contributed by atoms with Crippen molar-refractivity contribution in [3.8, 4) is 0 Å². The molecule has 1 aliphatic rings. The van der Waals surface area contributed by atoms with Gasteiger partial charge in [0.1, 0.15) is 0 Å². The number of hydrogen-bond acceptors (Lipinski definition) is 3. The summed E-state index contributed by atoms with van der Waals surface area (Å²) < 4.78 is 78.9. The molecule has 1 heterocycles. The molecule has 0 aromatic carbocycles. The Balaban J connectivity index is 3.10. The quantitative estimate of drug-likeness (QED) is 0.507. The van der Waals surface area contributed by atoms with E-state index in [-0.39, 0.29) is 0 Å². The standard InChI is InChI=1S/C12H14B4F6N2O2/c1-8(2,3)24-9(13,14)4-23(5-10(24,15)16)7(25)26-6(11(17,18)19)12(20,21)22/h6H,4-5H2,1-3H3. The van der Waals surface area contributed by atoms with Crippen molar-refractivity contribution in [1.82, 2.24) is 9.80 Å². The van der Waals surface area contributed by atoms with Crippen LogP contribution in [-0.2, 0) is 4.74 Å². The van der Waals surface area contributed by atoms with Gasteiger partial charge in [-0.2, -0.15) is 26.3 Å². The van der Waals surface area contributed by atoms with Gasteiger partial charge in [0.25, 0.3) is 6.10 Å². The second-order valence-electron chi connectivity index (χ2n) is 7.19. The van der Waals surface area contributed by atoms with Crippen LogP contribution in [-0.4, -0.2) is 95.0 Å². The maximum Gasteiger partial charge on any atom is 0.434 e. The highest BCUT2D eigenvalue weighted by Crippen LogP contribution is 2.37. The Bertz CT molecular complexity index is 515. The van der Waals surface area contributed by atoms with Crippen LogP contribution in [0.3, 0.4) is 0 Å². The normalized spacial score (nSPS) is 21.7. The average Bonchev–Trinajstić information content (AvgIpc) is 2.26. The van der Waals surface area contributed by atoms with E-state index in [0.717, 1.165) is 0 Å². The second-order valence-corrected chi connectivity index (χ2v) is 7.19. The predicted molar refractivity (Wildman–Crippen MR) is 84.0 cm³/mol. The molecule has 0 aromatic heterocycles. The summed E-state index contributed by atoms with van der Waals surface area (Å²) in [6.07, 6.45) is -18.0. The zero-order valence-corrected chi connectivity index (χ0v) is 14.3. The molecule has 0 saturated carbocycles. The minimum absolute atomic E-state index is 0.409. The molecule has 0 bridgehead atoms. The Hall–Kier alpha value is -0.930. The molecular formula is C12H14B4F6N2O2. The van der Waals surface area contributed by atoms with Gasteiger partial charge in [-0.15, -0.1) is 0 Å². The van der Waals surface area contributed by atoms with Gasteiger partial charge in [-0.25, -0.2) is 4.79 Å². The molecule has 1 amide bonds. The first-order valence-corrected chi connectivity index (χ1v) is 7.24. The molecule has 1 saturated heterocycles. The number of carbonyl (C=O) groups is 1. The van der Waals surface area contributed by atoms with E-state index in [2.05, 4.69) is 4.74 Å². The molecule has 14 heteroatoms. The van der Waals surface area contributed by atoms with Crippen molar-refractivity contribution in [1.29, 1.82) is 0 Å². The third kappa shape index (κ3) is 5.07. The van der Waals surface area contributed by atoms with Gasteiger partial charge in [0.2, 0.25) is 0 Å². The maximum absolute atomic E-state index is 12.5. The Labute approximate surface area is 152 Å². The first-order chi connectivity index (χ1) is 11.2. The summed E-state index contributed by atoms with van der Waals surface area (Å²) in [5.74, 6) is 0. The largest absolute Gasteiger partial charge is 0.434 e. The fourth-order valence-corrected chi connectivity index (χ4v) is 3.07. The van der Waals surface area contributed by atoms with Crippen LogP contribution in [0.1, 0.15) is 20.8 Å². The smallest absolute Gasteiger partial charge is 0.426 e. The first-order valence-electron chi connectivity index (χ1n) is 7.24. The summed E-state index contributed by atoms with van der Waals surface area (Å²) >= 11 is 0. The van der Waals surface area contributed by atoms with Gasteiger partial charge in [0.15, 0.2) is 0 Å². The molecule has 0 spiro atoms. The molecule has 0 N–H and O–H groups in total. The van der Waals surface area contributed by atoms with Gasteiger partial charge in [-0.3, -0.25) is 0 Å². The first kappa shape index (κ1) is 23.1. The van der Waals surface area contributed by atoms with Crippen molar-refractivity contribution in [3.63, 3.8) is 0 Å². The van der Waals surface area contributed by atoms with Gasteiger partial charge < -0.3 is 14.5 Å². The number of rotatable bonds is 1. The van der Waals surface area contributed by atoms with Crippen molar-refractivity contribution in [2.24, 2.45) is 0 Å². The van der Waals surface area contributed by atoms with E-state index in [1.807, 2.05) is 0 Å². The summed E-state index contributed by atoms with van der Waals surface area (Å²) in [7, 11) is 23.5. The molecule has 0 aliphatic carbocycles. The molecule has 1 fully saturated rings. The number of carbonyl (C=O) groups excluding carboxylic acids is 1. The minimum atomic E-state index is -5.85. The number of amides is 1. The van der Waals surface area contributed by atoms with Crippen LogP contribution in [0.4, 0.5) is 31.1 Å². The lowest BCUT2D eigenvalue weighted by atomic mass is 9.49. The number of ether oxygens (including phenoxy) is 1. The van der Waals surface area contributed by atoms with Gasteiger partial charge in [-0.05, 0) is 31.4 Å². The van der Waals surface area contributed by atoms with E-state index in [1.54, 1.807) is 20.8 Å². The minimum Gasteiger partial charge on any atom is -0.426 e. The third-order valence-electron chi connectivity index (χ3n) is 3.46. The summed E-state index contributed by atoms with van der Waals surface area (Å²) in [6, 6.07) is 0. The number of hydrogen-bond donors (Lipinski definition) is 0. The van der Waals surface area contributed by atoms with Gasteiger partial charge in [-0.1, -0.05) is 0 Å². The van der Waals surface area contributed by atoms with Gasteiger partial charge in [0.05, 0.1) is 31.4 Å². The van der Waals surface area contributed by atoms with E-state index in [9.17, 15) is 31.1 Å². The van der Waals surface area contributed by atoms with Crippen LogP contribution in [0.5, 0.6) is 0 Å². The zero-order valence-electron chi connectivity index (χ0n) is 14.3. The highest BCUT2D eigenvalue weighted by atomic mass is 19.4. The molecule has 138 valence electrons. The monoisotopic (exact) mass is 376 g/mol. The Morgan fingerprint density at radius 2 is 1.27 bits per heavy atom. The van der Waals surface area contributed by atoms with Crippen LogP contribution < -0.4 is 0 Å². The van der Waals surface area contributed by atoms with E-state index < -0.39 is 53.9 Å². The van der Waals surface area contributed by atoms with Crippen LogP contribution in [0.15, 0.2) is 0 Å². The molecule has 4 nitrogen and oxygen atoms in total. The average molecular weight is 375 g/mol. The van der Waals surface area contributed by atoms with E-state index in [4.69, 9.17) is 31.4 Å². The third-order valence-corrected chi connectivity index (χ3v) is 3.46. The van der Waals surface area contributed by atoms with Crippen molar-refractivity contribution in [2.45, 2.75) is 55.4 Å². The number of piperazine rings is 1. The summed E-state index contributed by atoms with van der Waals surface area (Å²) in [6.45, 7) is 3.57. The highest BCUT2D eigenvalue weighted by molar-refractivity contribution is 6.44. The van der Waals surface area contributed by atoms with Gasteiger partial charge >= 0.3 is 18.4 Å². The SMILES string of the molecule is [B]C1([B])CN(C(=O)OC(C(F)(F)F)C(F)(F)F)CC([B])([B])N1C(C)(C)C. The van der Waals surface area contributed by atoms with Crippen molar-refractivity contribution in [2.75, 3.05) is 13.1 Å². The zero-order chi connectivity index (χ0) is 20.9. The molecular weight excluding hydrogens is 361 g/mol. The van der Waals surface area contributed by atoms with Crippen LogP contribution >= 0.6 is 0 Å². The maximum atomic E-state index is 12.5. The Morgan fingerprint density at radius 3 is 1.54 bits per heavy atom. The number of halogens is 6. The van der Waals surface area contributed by atoms with Crippen LogP contribution in [0.2, 0.25) is 0 Å². The summed E-state index contributed by atoms with van der Waals surface area (Å²) in [4.78, 5) is 13.5. The van der Waals surface area contributed by atoms with Gasteiger partial charge in [0, 0.05) is 18.6 Å². The lowest BCUT2D eigenvalue weighted by Gasteiger charge is -2.63. The highest BCUT2D eigenvalue weighted by Gasteiger charge is 2.60. The fourth-order valence-electron chi connectivity index (χ4n) is 3.07. The van der Waals surface area contributed by atoms with Crippen LogP contribution in [0.25, 0.3) is 0 Å². The van der Waals surface area contributed by atoms with Crippen molar-refractivity contribution < 1.29 is 35.9 Å². The fraction of sp³-hybridized carbons (Fsp3) is 0.917. The van der Waals surface area contributed by atoms with E-state index in [0.29, 0.717) is 4.90 Å². The number of nitrogens with zero attached hydrogens (tertiary/aromatic N) is 2. The van der Waals surface area contributed by atoms with Crippen LogP contribution in [0, 0.1) is 0 Å². The lowest BCUT2D eigenvalue weighted by molar-refractivity contribution is -0.308. The predicted octanol–water partition coefficient (Wildman–Crippen LogP) is 1.01. The molecule has 1 aliphatic heterocycles. The molecule has 1 rings (SSSR count). The lowest BCUT2D eigenvalue weighted by Crippen LogP contribution is -2.78. The summed E-state index contributed by atoms with van der Waals surface area (Å²) in [5.41, 5.74) is -0.830. The van der Waals surface area contributed by atoms with E-state index >= 15 is 0 Å². The molecule has 8 radical (unpaired) electrons. The molecule has 0 unspecified atom stereocenters. The number of alkyl halides is 6. The van der Waals surface area contributed by atoms with Crippen molar-refractivity contribution in [3.05, 3.63) is 0 Å². The second kappa shape index (κ2) is 6.60.